The molecule has 14 heavy (non-hydrogen) atoms. The quantitative estimate of drug-likeness (QED) is 0.760. The SMILES string of the molecule is COc1cc(Br)c(B(O)O)cc1OC. The summed E-state index contributed by atoms with van der Waals surface area (Å²) in [5, 5.41) is 18.0. The second kappa shape index (κ2) is 4.68. The zero-order chi connectivity index (χ0) is 10.7. The maximum Gasteiger partial charge on any atom is 0.489 e. The van der Waals surface area contributed by atoms with Gasteiger partial charge in [0.15, 0.2) is 11.5 Å². The van der Waals surface area contributed by atoms with Gasteiger partial charge in [-0.1, -0.05) is 15.9 Å². The molecule has 1 rings (SSSR count). The van der Waals surface area contributed by atoms with Crippen molar-refractivity contribution in [2.45, 2.75) is 0 Å². The van der Waals surface area contributed by atoms with Gasteiger partial charge in [-0.15, -0.1) is 0 Å². The van der Waals surface area contributed by atoms with Crippen LogP contribution >= 0.6 is 15.9 Å². The fourth-order valence-corrected chi connectivity index (χ4v) is 1.59. The molecule has 0 bridgehead atoms. The fraction of sp³-hybridized carbons (Fsp3) is 0.250. The van der Waals surface area contributed by atoms with Crippen LogP contribution in [0.1, 0.15) is 0 Å². The molecular weight excluding hydrogens is 251 g/mol. The van der Waals surface area contributed by atoms with Gasteiger partial charge in [0.05, 0.1) is 14.2 Å². The molecule has 0 aliphatic rings. The first kappa shape index (κ1) is 11.4. The second-order valence-electron chi connectivity index (χ2n) is 2.60. The molecule has 0 radical (unpaired) electrons. The average molecular weight is 261 g/mol. The largest absolute Gasteiger partial charge is 0.493 e. The van der Waals surface area contributed by atoms with Gasteiger partial charge >= 0.3 is 7.12 Å². The highest BCUT2D eigenvalue weighted by Gasteiger charge is 2.18. The van der Waals surface area contributed by atoms with E-state index in [1.165, 1.54) is 20.3 Å². The van der Waals surface area contributed by atoms with Gasteiger partial charge in [0, 0.05) is 9.94 Å². The number of hydrogen-bond acceptors (Lipinski definition) is 4. The Morgan fingerprint density at radius 2 is 1.64 bits per heavy atom. The number of benzene rings is 1. The van der Waals surface area contributed by atoms with Crippen molar-refractivity contribution in [1.82, 2.24) is 0 Å². The summed E-state index contributed by atoms with van der Waals surface area (Å²) < 4.78 is 10.6. The van der Waals surface area contributed by atoms with E-state index in [4.69, 9.17) is 19.5 Å². The van der Waals surface area contributed by atoms with Crippen molar-refractivity contribution >= 4 is 28.5 Å². The summed E-state index contributed by atoms with van der Waals surface area (Å²) in [6.45, 7) is 0. The van der Waals surface area contributed by atoms with E-state index in [9.17, 15) is 0 Å². The van der Waals surface area contributed by atoms with Crippen LogP contribution in [0.2, 0.25) is 0 Å². The van der Waals surface area contributed by atoms with Gasteiger partial charge in [-0.05, 0) is 12.1 Å². The molecule has 0 aromatic heterocycles. The van der Waals surface area contributed by atoms with Crippen LogP contribution in [0, 0.1) is 0 Å². The Morgan fingerprint density at radius 1 is 1.14 bits per heavy atom. The van der Waals surface area contributed by atoms with E-state index in [0.29, 0.717) is 21.4 Å². The summed E-state index contributed by atoms with van der Waals surface area (Å²) in [6, 6.07) is 3.13. The van der Waals surface area contributed by atoms with Crippen molar-refractivity contribution in [2.24, 2.45) is 0 Å². The molecule has 1 aromatic rings. The highest BCUT2D eigenvalue weighted by atomic mass is 79.9. The number of ether oxygens (including phenoxy) is 2. The van der Waals surface area contributed by atoms with Gasteiger partial charge in [-0.2, -0.15) is 0 Å². The molecule has 0 fully saturated rings. The minimum atomic E-state index is -1.54. The minimum Gasteiger partial charge on any atom is -0.493 e. The lowest BCUT2D eigenvalue weighted by molar-refractivity contribution is 0.354. The summed E-state index contributed by atoms with van der Waals surface area (Å²) >= 11 is 3.20. The van der Waals surface area contributed by atoms with Gasteiger partial charge < -0.3 is 19.5 Å². The average Bonchev–Trinajstić information content (AvgIpc) is 2.16. The molecule has 0 unspecified atom stereocenters. The highest BCUT2D eigenvalue weighted by molar-refractivity contribution is 9.10. The van der Waals surface area contributed by atoms with E-state index < -0.39 is 7.12 Å². The Hall–Kier alpha value is -0.715. The summed E-state index contributed by atoms with van der Waals surface area (Å²) in [5.74, 6) is 0.988. The van der Waals surface area contributed by atoms with Crippen molar-refractivity contribution in [2.75, 3.05) is 14.2 Å². The van der Waals surface area contributed by atoms with Crippen molar-refractivity contribution in [3.63, 3.8) is 0 Å². The number of methoxy groups -OCH3 is 2. The Balaban J connectivity index is 3.23. The predicted molar refractivity (Wildman–Crippen MR) is 57.1 cm³/mol. The molecule has 6 heteroatoms. The molecule has 0 saturated heterocycles. The van der Waals surface area contributed by atoms with Crippen molar-refractivity contribution in [3.8, 4) is 11.5 Å². The first-order chi connectivity index (χ1) is 6.60. The molecule has 0 saturated carbocycles. The molecule has 76 valence electrons. The van der Waals surface area contributed by atoms with E-state index in [0.717, 1.165) is 0 Å². The third-order valence-corrected chi connectivity index (χ3v) is 2.47. The fourth-order valence-electron chi connectivity index (χ4n) is 1.07. The number of hydrogen-bond donors (Lipinski definition) is 2. The van der Waals surface area contributed by atoms with Crippen molar-refractivity contribution < 1.29 is 19.5 Å². The van der Waals surface area contributed by atoms with Crippen LogP contribution < -0.4 is 14.9 Å². The topological polar surface area (TPSA) is 58.9 Å². The monoisotopic (exact) mass is 260 g/mol. The smallest absolute Gasteiger partial charge is 0.489 e. The molecule has 4 nitrogen and oxygen atoms in total. The van der Waals surface area contributed by atoms with E-state index in [-0.39, 0.29) is 0 Å². The molecule has 2 N–H and O–H groups in total. The molecule has 0 amide bonds. The lowest BCUT2D eigenvalue weighted by Gasteiger charge is -2.11. The molecule has 0 spiro atoms. The van der Waals surface area contributed by atoms with Crippen molar-refractivity contribution in [1.29, 1.82) is 0 Å². The second-order valence-corrected chi connectivity index (χ2v) is 3.46. The Morgan fingerprint density at radius 3 is 2.07 bits per heavy atom. The van der Waals surface area contributed by atoms with Gasteiger partial charge in [0.1, 0.15) is 0 Å². The molecular formula is C8H10BBrO4. The molecule has 0 atom stereocenters. The van der Waals surface area contributed by atoms with Gasteiger partial charge in [-0.3, -0.25) is 0 Å². The first-order valence-electron chi connectivity index (χ1n) is 3.87. The van der Waals surface area contributed by atoms with Gasteiger partial charge in [-0.25, -0.2) is 0 Å². The molecule has 1 aromatic carbocycles. The standard InChI is InChI=1S/C8H10BBrO4/c1-13-7-3-5(9(11)12)6(10)4-8(7)14-2/h3-4,11-12H,1-2H3. The van der Waals surface area contributed by atoms with E-state index in [1.807, 2.05) is 0 Å². The third kappa shape index (κ3) is 2.20. The van der Waals surface area contributed by atoms with Crippen LogP contribution in [0.3, 0.4) is 0 Å². The molecule has 0 aliphatic carbocycles. The van der Waals surface area contributed by atoms with Gasteiger partial charge in [0.25, 0.3) is 0 Å². The lowest BCUT2D eigenvalue weighted by Crippen LogP contribution is -2.31. The van der Waals surface area contributed by atoms with E-state index >= 15 is 0 Å². The summed E-state index contributed by atoms with van der Waals surface area (Å²) in [7, 11) is 1.46. The first-order valence-corrected chi connectivity index (χ1v) is 4.67. The normalized spacial score (nSPS) is 9.79. The third-order valence-electron chi connectivity index (χ3n) is 1.78. The zero-order valence-corrected chi connectivity index (χ0v) is 9.41. The lowest BCUT2D eigenvalue weighted by atomic mass is 9.80. The van der Waals surface area contributed by atoms with Crippen LogP contribution in [0.25, 0.3) is 0 Å². The van der Waals surface area contributed by atoms with E-state index in [1.54, 1.807) is 6.07 Å². The Labute approximate surface area is 90.7 Å². The number of rotatable bonds is 3. The van der Waals surface area contributed by atoms with Crippen LogP contribution in [0.5, 0.6) is 11.5 Å². The Kier molecular flexibility index (Phi) is 3.80. The summed E-state index contributed by atoms with van der Waals surface area (Å²) in [6.07, 6.45) is 0. The predicted octanol–water partition coefficient (Wildman–Crippen LogP) is 0.146. The summed E-state index contributed by atoms with van der Waals surface area (Å²) in [5.41, 5.74) is 0.336. The zero-order valence-electron chi connectivity index (χ0n) is 7.82. The minimum absolute atomic E-state index is 0.336. The Bertz CT molecular complexity index is 329. The highest BCUT2D eigenvalue weighted by Crippen LogP contribution is 2.28. The number of halogens is 1. The molecule has 0 aliphatic heterocycles. The van der Waals surface area contributed by atoms with Crippen LogP contribution in [-0.4, -0.2) is 31.4 Å². The maximum atomic E-state index is 9.02. The van der Waals surface area contributed by atoms with Crippen LogP contribution in [0.4, 0.5) is 0 Å². The van der Waals surface area contributed by atoms with Crippen LogP contribution in [-0.2, 0) is 0 Å². The van der Waals surface area contributed by atoms with Crippen molar-refractivity contribution in [3.05, 3.63) is 16.6 Å². The van der Waals surface area contributed by atoms with Gasteiger partial charge in [0.2, 0.25) is 0 Å². The van der Waals surface area contributed by atoms with Crippen LogP contribution in [0.15, 0.2) is 16.6 Å². The maximum absolute atomic E-state index is 9.02. The molecule has 0 heterocycles. The van der Waals surface area contributed by atoms with E-state index in [2.05, 4.69) is 15.9 Å². The summed E-state index contributed by atoms with van der Waals surface area (Å²) in [4.78, 5) is 0.